The predicted octanol–water partition coefficient (Wildman–Crippen LogP) is 3.74. The molecule has 100 valence electrons. The smallest absolute Gasteiger partial charge is 0.119 e. The summed E-state index contributed by atoms with van der Waals surface area (Å²) < 4.78 is 5.89. The molecule has 0 bridgehead atoms. The van der Waals surface area contributed by atoms with Gasteiger partial charge in [-0.3, -0.25) is 0 Å². The maximum absolute atomic E-state index is 9.88. The highest BCUT2D eigenvalue weighted by Gasteiger charge is 2.24. The van der Waals surface area contributed by atoms with Gasteiger partial charge in [-0.05, 0) is 42.6 Å². The van der Waals surface area contributed by atoms with Crippen LogP contribution in [-0.4, -0.2) is 11.2 Å². The normalized spacial score (nSPS) is 19.7. The van der Waals surface area contributed by atoms with E-state index in [4.69, 9.17) is 4.74 Å². The highest BCUT2D eigenvalue weighted by atomic mass is 16.5. The molecule has 1 N–H and O–H groups in total. The fraction of sp³-hybridized carbons (Fsp3) is 0.294. The van der Waals surface area contributed by atoms with Crippen LogP contribution in [0, 0.1) is 0 Å². The molecule has 0 fully saturated rings. The van der Waals surface area contributed by atoms with Crippen LogP contribution in [0.2, 0.25) is 0 Å². The van der Waals surface area contributed by atoms with Crippen molar-refractivity contribution in [2.24, 2.45) is 0 Å². The third-order valence-corrected chi connectivity index (χ3v) is 3.39. The number of benzene rings is 1. The minimum absolute atomic E-state index is 0.400. The Hall–Kier alpha value is -1.80. The summed E-state index contributed by atoms with van der Waals surface area (Å²) in [6.07, 6.45) is 4.89. The molecule has 0 amide bonds. The number of allylic oxidation sites excluding steroid dienone is 2. The lowest BCUT2D eigenvalue weighted by Gasteiger charge is -2.13. The van der Waals surface area contributed by atoms with Gasteiger partial charge in [0.15, 0.2) is 0 Å². The van der Waals surface area contributed by atoms with Crippen LogP contribution in [0.4, 0.5) is 0 Å². The topological polar surface area (TPSA) is 29.5 Å². The number of hydrogen-bond donors (Lipinski definition) is 1. The van der Waals surface area contributed by atoms with Crippen molar-refractivity contribution in [3.05, 3.63) is 71.5 Å². The van der Waals surface area contributed by atoms with Gasteiger partial charge in [0.05, 0.1) is 6.10 Å². The molecule has 2 heteroatoms. The number of hydrogen-bond acceptors (Lipinski definition) is 2. The molecule has 0 spiro atoms. The minimum atomic E-state index is -0.400. The van der Waals surface area contributed by atoms with Gasteiger partial charge in [0.25, 0.3) is 0 Å². The molecule has 2 rings (SSSR count). The maximum atomic E-state index is 9.88. The summed E-state index contributed by atoms with van der Waals surface area (Å²) in [6, 6.07) is 10.1. The van der Waals surface area contributed by atoms with Gasteiger partial charge in [-0.2, -0.15) is 0 Å². The second-order valence-electron chi connectivity index (χ2n) is 4.62. The van der Waals surface area contributed by atoms with E-state index in [1.54, 1.807) is 6.08 Å². The molecule has 0 saturated carbocycles. The molecule has 1 aromatic rings. The first-order chi connectivity index (χ1) is 9.26. The van der Waals surface area contributed by atoms with Crippen molar-refractivity contribution < 1.29 is 9.84 Å². The quantitative estimate of drug-likeness (QED) is 0.813. The van der Waals surface area contributed by atoms with E-state index >= 15 is 0 Å². The zero-order valence-corrected chi connectivity index (χ0v) is 11.3. The van der Waals surface area contributed by atoms with Gasteiger partial charge in [0.1, 0.15) is 12.4 Å². The van der Waals surface area contributed by atoms with Crippen LogP contribution < -0.4 is 0 Å². The predicted molar refractivity (Wildman–Crippen MR) is 77.5 cm³/mol. The Balaban J connectivity index is 2.10. The minimum Gasteiger partial charge on any atom is -0.489 e. The van der Waals surface area contributed by atoms with Gasteiger partial charge in [-0.15, -0.1) is 0 Å². The standard InChI is InChI=1S/C17H20O2/c1-3-14-15(10-11-16(14)18)17(4-2)19-12-13-8-6-5-7-9-13/h3-9,16,18H,1,10-12H2,2H3/b17-4+. The second-order valence-corrected chi connectivity index (χ2v) is 4.62. The molecule has 1 aliphatic carbocycles. The molecule has 0 heterocycles. The molecule has 1 aromatic carbocycles. The van der Waals surface area contributed by atoms with Crippen molar-refractivity contribution in [3.8, 4) is 0 Å². The average Bonchev–Trinajstić information content (AvgIpc) is 2.82. The van der Waals surface area contributed by atoms with Gasteiger partial charge in [0, 0.05) is 0 Å². The second kappa shape index (κ2) is 6.39. The van der Waals surface area contributed by atoms with Gasteiger partial charge in [-0.1, -0.05) is 43.0 Å². The van der Waals surface area contributed by atoms with Crippen LogP contribution in [0.15, 0.2) is 66.0 Å². The lowest BCUT2D eigenvalue weighted by Crippen LogP contribution is -2.03. The van der Waals surface area contributed by atoms with Crippen LogP contribution in [0.5, 0.6) is 0 Å². The van der Waals surface area contributed by atoms with E-state index in [0.717, 1.165) is 35.3 Å². The summed E-state index contributed by atoms with van der Waals surface area (Å²) in [5.74, 6) is 0.857. The average molecular weight is 256 g/mol. The zero-order chi connectivity index (χ0) is 13.7. The highest BCUT2D eigenvalue weighted by Crippen LogP contribution is 2.33. The van der Waals surface area contributed by atoms with E-state index in [1.807, 2.05) is 43.3 Å². The largest absolute Gasteiger partial charge is 0.489 e. The van der Waals surface area contributed by atoms with Crippen LogP contribution in [0.3, 0.4) is 0 Å². The molecule has 0 saturated heterocycles. The Bertz CT molecular complexity index is 497. The SMILES string of the molecule is C=CC1=C(/C(=C\C)OCc2ccccc2)CCC1O. The van der Waals surface area contributed by atoms with E-state index in [0.29, 0.717) is 6.61 Å². The maximum Gasteiger partial charge on any atom is 0.119 e. The Morgan fingerprint density at radius 1 is 1.42 bits per heavy atom. The van der Waals surface area contributed by atoms with Gasteiger partial charge in [0.2, 0.25) is 0 Å². The Morgan fingerprint density at radius 3 is 2.79 bits per heavy atom. The van der Waals surface area contributed by atoms with E-state index in [-0.39, 0.29) is 0 Å². The summed E-state index contributed by atoms with van der Waals surface area (Å²) in [5.41, 5.74) is 3.13. The summed E-state index contributed by atoms with van der Waals surface area (Å²) >= 11 is 0. The molecule has 1 atom stereocenters. The van der Waals surface area contributed by atoms with E-state index in [1.165, 1.54) is 0 Å². The fourth-order valence-corrected chi connectivity index (χ4v) is 2.39. The molecular formula is C17H20O2. The third-order valence-electron chi connectivity index (χ3n) is 3.39. The molecule has 0 aliphatic heterocycles. The first-order valence-electron chi connectivity index (χ1n) is 6.63. The van der Waals surface area contributed by atoms with Crippen molar-refractivity contribution in [2.75, 3.05) is 0 Å². The molecule has 2 nitrogen and oxygen atoms in total. The van der Waals surface area contributed by atoms with Crippen LogP contribution in [0.1, 0.15) is 25.3 Å². The molecule has 1 aliphatic rings. The van der Waals surface area contributed by atoms with E-state index < -0.39 is 6.10 Å². The monoisotopic (exact) mass is 256 g/mol. The summed E-state index contributed by atoms with van der Waals surface area (Å²) in [4.78, 5) is 0. The lowest BCUT2D eigenvalue weighted by molar-refractivity contribution is 0.205. The van der Waals surface area contributed by atoms with Crippen molar-refractivity contribution in [1.29, 1.82) is 0 Å². The number of aliphatic hydroxyl groups is 1. The number of rotatable bonds is 5. The molecule has 1 unspecified atom stereocenters. The molecule has 0 aromatic heterocycles. The van der Waals surface area contributed by atoms with Crippen molar-refractivity contribution in [3.63, 3.8) is 0 Å². The first kappa shape index (κ1) is 13.6. The van der Waals surface area contributed by atoms with Crippen molar-refractivity contribution >= 4 is 0 Å². The Morgan fingerprint density at radius 2 is 2.16 bits per heavy atom. The van der Waals surface area contributed by atoms with E-state index in [2.05, 4.69) is 6.58 Å². The molecule has 19 heavy (non-hydrogen) atoms. The van der Waals surface area contributed by atoms with Gasteiger partial charge in [-0.25, -0.2) is 0 Å². The highest BCUT2D eigenvalue weighted by molar-refractivity contribution is 5.42. The molecular weight excluding hydrogens is 236 g/mol. The van der Waals surface area contributed by atoms with E-state index in [9.17, 15) is 5.11 Å². The Kier molecular flexibility index (Phi) is 4.58. The summed E-state index contributed by atoms with van der Waals surface area (Å²) in [6.45, 7) is 6.28. The summed E-state index contributed by atoms with van der Waals surface area (Å²) in [5, 5.41) is 9.88. The van der Waals surface area contributed by atoms with Crippen LogP contribution >= 0.6 is 0 Å². The van der Waals surface area contributed by atoms with Crippen molar-refractivity contribution in [2.45, 2.75) is 32.5 Å². The third kappa shape index (κ3) is 3.15. The zero-order valence-electron chi connectivity index (χ0n) is 11.3. The van der Waals surface area contributed by atoms with Crippen LogP contribution in [0.25, 0.3) is 0 Å². The fourth-order valence-electron chi connectivity index (χ4n) is 2.39. The van der Waals surface area contributed by atoms with Gasteiger partial charge >= 0.3 is 0 Å². The Labute approximate surface area is 114 Å². The molecule has 0 radical (unpaired) electrons. The lowest BCUT2D eigenvalue weighted by atomic mass is 10.1. The number of aliphatic hydroxyl groups excluding tert-OH is 1. The van der Waals surface area contributed by atoms with Crippen LogP contribution in [-0.2, 0) is 11.3 Å². The van der Waals surface area contributed by atoms with Gasteiger partial charge < -0.3 is 9.84 Å². The first-order valence-corrected chi connectivity index (χ1v) is 6.63. The number of ether oxygens (including phenoxy) is 1. The summed E-state index contributed by atoms with van der Waals surface area (Å²) in [7, 11) is 0. The van der Waals surface area contributed by atoms with Crippen molar-refractivity contribution in [1.82, 2.24) is 0 Å².